The van der Waals surface area contributed by atoms with Crippen LogP contribution in [0.5, 0.6) is 5.75 Å². The Morgan fingerprint density at radius 1 is 1.16 bits per heavy atom. The Bertz CT molecular complexity index is 1010. The Morgan fingerprint density at radius 3 is 2.68 bits per heavy atom. The van der Waals surface area contributed by atoms with Crippen LogP contribution in [0.4, 0.5) is 0 Å². The molecule has 124 valence electrons. The van der Waals surface area contributed by atoms with Gasteiger partial charge in [-0.1, -0.05) is 17.3 Å². The van der Waals surface area contributed by atoms with Crippen molar-refractivity contribution in [2.45, 2.75) is 6.73 Å². The number of nitrogens with zero attached hydrogens (tertiary/aromatic N) is 4. The average Bonchev–Trinajstić information content (AvgIpc) is 2.66. The summed E-state index contributed by atoms with van der Waals surface area (Å²) in [6.07, 6.45) is 0. The van der Waals surface area contributed by atoms with Gasteiger partial charge in [0.1, 0.15) is 11.3 Å². The van der Waals surface area contributed by atoms with Crippen LogP contribution in [0.3, 0.4) is 0 Å². The summed E-state index contributed by atoms with van der Waals surface area (Å²) in [6.45, 7) is -0.687. The lowest BCUT2D eigenvalue weighted by molar-refractivity contribution is -0.150. The van der Waals surface area contributed by atoms with Gasteiger partial charge in [-0.2, -0.15) is 9.94 Å². The highest BCUT2D eigenvalue weighted by atomic mass is 16.6. The van der Waals surface area contributed by atoms with Gasteiger partial charge in [0.05, 0.1) is 17.0 Å². The van der Waals surface area contributed by atoms with E-state index in [1.54, 1.807) is 48.5 Å². The van der Waals surface area contributed by atoms with E-state index in [0.29, 0.717) is 22.2 Å². The molecule has 0 saturated heterocycles. The third-order valence-electron chi connectivity index (χ3n) is 3.32. The number of benzene rings is 2. The van der Waals surface area contributed by atoms with Crippen molar-refractivity contribution in [2.75, 3.05) is 6.61 Å². The normalized spacial score (nSPS) is 10.2. The predicted molar refractivity (Wildman–Crippen MR) is 86.5 cm³/mol. The van der Waals surface area contributed by atoms with Crippen LogP contribution in [0.2, 0.25) is 0 Å². The first kappa shape index (κ1) is 16.1. The number of rotatable bonds is 5. The maximum atomic E-state index is 12.2. The molecule has 0 aliphatic heterocycles. The van der Waals surface area contributed by atoms with E-state index in [2.05, 4.69) is 10.3 Å². The van der Waals surface area contributed by atoms with E-state index in [1.165, 1.54) is 0 Å². The van der Waals surface area contributed by atoms with Crippen molar-refractivity contribution in [2.24, 2.45) is 0 Å². The van der Waals surface area contributed by atoms with Gasteiger partial charge in [-0.3, -0.25) is 4.79 Å². The fourth-order valence-electron chi connectivity index (χ4n) is 2.05. The fraction of sp³-hybridized carbons (Fsp3) is 0.118. The number of nitriles is 1. The number of carbonyl (C=O) groups is 1. The molecule has 2 aromatic carbocycles. The molecule has 3 rings (SSSR count). The van der Waals surface area contributed by atoms with Gasteiger partial charge >= 0.3 is 5.97 Å². The molecule has 0 unspecified atom stereocenters. The fourth-order valence-corrected chi connectivity index (χ4v) is 2.05. The molecule has 0 amide bonds. The van der Waals surface area contributed by atoms with E-state index in [0.717, 1.165) is 4.68 Å². The van der Waals surface area contributed by atoms with Crippen molar-refractivity contribution < 1.29 is 14.3 Å². The molecule has 1 aromatic heterocycles. The maximum Gasteiger partial charge on any atom is 0.345 e. The molecule has 8 nitrogen and oxygen atoms in total. The van der Waals surface area contributed by atoms with Gasteiger partial charge in [-0.25, -0.2) is 4.79 Å². The molecule has 0 spiro atoms. The van der Waals surface area contributed by atoms with Crippen LogP contribution in [-0.4, -0.2) is 27.6 Å². The van der Waals surface area contributed by atoms with E-state index >= 15 is 0 Å². The van der Waals surface area contributed by atoms with E-state index in [-0.39, 0.29) is 13.3 Å². The first-order valence-corrected chi connectivity index (χ1v) is 7.28. The number of aromatic nitrogens is 3. The lowest BCUT2D eigenvalue weighted by Gasteiger charge is -2.08. The molecule has 0 N–H and O–H groups in total. The molecule has 0 saturated carbocycles. The summed E-state index contributed by atoms with van der Waals surface area (Å²) in [5.41, 5.74) is 0.565. The number of fused-ring (bicyclic) bond motifs is 1. The number of hydrogen-bond acceptors (Lipinski definition) is 7. The van der Waals surface area contributed by atoms with E-state index < -0.39 is 11.5 Å². The molecule has 0 aliphatic rings. The summed E-state index contributed by atoms with van der Waals surface area (Å²) in [6, 6.07) is 15.0. The Balaban J connectivity index is 1.58. The van der Waals surface area contributed by atoms with Crippen molar-refractivity contribution in [1.29, 1.82) is 5.26 Å². The molecule has 1 heterocycles. The standard InChI is InChI=1S/C17H12N4O4/c18-9-12-5-7-13(8-6-12)24-10-16(22)25-11-21-17(23)14-3-1-2-4-15(14)19-20-21/h1-8H,10-11H2. The van der Waals surface area contributed by atoms with Crippen LogP contribution in [0.1, 0.15) is 5.56 Å². The highest BCUT2D eigenvalue weighted by Gasteiger charge is 2.09. The van der Waals surface area contributed by atoms with Gasteiger partial charge < -0.3 is 9.47 Å². The third-order valence-corrected chi connectivity index (χ3v) is 3.32. The van der Waals surface area contributed by atoms with Crippen LogP contribution >= 0.6 is 0 Å². The van der Waals surface area contributed by atoms with Crippen LogP contribution in [0, 0.1) is 11.3 Å². The van der Waals surface area contributed by atoms with Crippen LogP contribution in [0.15, 0.2) is 53.3 Å². The first-order valence-electron chi connectivity index (χ1n) is 7.28. The summed E-state index contributed by atoms with van der Waals surface area (Å²) in [4.78, 5) is 23.9. The molecule has 0 fully saturated rings. The molecule has 0 radical (unpaired) electrons. The highest BCUT2D eigenvalue weighted by molar-refractivity contribution is 5.76. The van der Waals surface area contributed by atoms with Gasteiger partial charge in [0.15, 0.2) is 13.3 Å². The molecule has 0 bridgehead atoms. The molecule has 0 aliphatic carbocycles. The lowest BCUT2D eigenvalue weighted by Crippen LogP contribution is -2.27. The van der Waals surface area contributed by atoms with E-state index in [1.807, 2.05) is 6.07 Å². The van der Waals surface area contributed by atoms with Crippen molar-refractivity contribution >= 4 is 16.9 Å². The Labute approximate surface area is 141 Å². The van der Waals surface area contributed by atoms with Crippen molar-refractivity contribution in [3.63, 3.8) is 0 Å². The lowest BCUT2D eigenvalue weighted by atomic mass is 10.2. The zero-order valence-corrected chi connectivity index (χ0v) is 13.0. The van der Waals surface area contributed by atoms with Gasteiger partial charge in [0.2, 0.25) is 0 Å². The summed E-state index contributed by atoms with van der Waals surface area (Å²) < 4.78 is 11.2. The molecular weight excluding hydrogens is 324 g/mol. The van der Waals surface area contributed by atoms with Crippen LogP contribution in [-0.2, 0) is 16.3 Å². The molecule has 25 heavy (non-hydrogen) atoms. The minimum absolute atomic E-state index is 0.332. The largest absolute Gasteiger partial charge is 0.482 e. The Hall–Kier alpha value is -3.73. The van der Waals surface area contributed by atoms with Crippen LogP contribution < -0.4 is 10.3 Å². The summed E-state index contributed by atoms with van der Waals surface area (Å²) in [5, 5.41) is 16.7. The number of esters is 1. The Morgan fingerprint density at radius 2 is 1.92 bits per heavy atom. The van der Waals surface area contributed by atoms with E-state index in [9.17, 15) is 9.59 Å². The van der Waals surface area contributed by atoms with Gasteiger partial charge in [0, 0.05) is 0 Å². The second-order valence-electron chi connectivity index (χ2n) is 4.98. The molecule has 0 atom stereocenters. The number of carbonyl (C=O) groups excluding carboxylic acids is 1. The van der Waals surface area contributed by atoms with Crippen molar-refractivity contribution in [3.8, 4) is 11.8 Å². The minimum Gasteiger partial charge on any atom is -0.482 e. The quantitative estimate of drug-likeness (QED) is 0.645. The second-order valence-corrected chi connectivity index (χ2v) is 4.98. The van der Waals surface area contributed by atoms with Crippen molar-refractivity contribution in [3.05, 3.63) is 64.4 Å². The molecule has 3 aromatic rings. The van der Waals surface area contributed by atoms with Crippen molar-refractivity contribution in [1.82, 2.24) is 15.0 Å². The third kappa shape index (κ3) is 3.79. The van der Waals surface area contributed by atoms with Gasteiger partial charge in [-0.05, 0) is 36.4 Å². The summed E-state index contributed by atoms with van der Waals surface area (Å²) >= 11 is 0. The highest BCUT2D eigenvalue weighted by Crippen LogP contribution is 2.11. The number of hydrogen-bond donors (Lipinski definition) is 0. The van der Waals surface area contributed by atoms with Gasteiger partial charge in [-0.15, -0.1) is 5.10 Å². The number of ether oxygens (including phenoxy) is 2. The Kier molecular flexibility index (Phi) is 4.67. The smallest absolute Gasteiger partial charge is 0.345 e. The second kappa shape index (κ2) is 7.23. The molecule has 8 heteroatoms. The minimum atomic E-state index is -0.661. The SMILES string of the molecule is N#Cc1ccc(OCC(=O)OCn2nnc3ccccc3c2=O)cc1. The summed E-state index contributed by atoms with van der Waals surface area (Å²) in [7, 11) is 0. The maximum absolute atomic E-state index is 12.2. The predicted octanol–water partition coefficient (Wildman–Crippen LogP) is 1.24. The topological polar surface area (TPSA) is 107 Å². The van der Waals surface area contributed by atoms with Crippen LogP contribution in [0.25, 0.3) is 10.9 Å². The monoisotopic (exact) mass is 336 g/mol. The zero-order chi connectivity index (χ0) is 17.6. The zero-order valence-electron chi connectivity index (χ0n) is 13.0. The summed E-state index contributed by atoms with van der Waals surface area (Å²) in [5.74, 6) is -0.232. The van der Waals surface area contributed by atoms with E-state index in [4.69, 9.17) is 14.7 Å². The average molecular weight is 336 g/mol. The first-order chi connectivity index (χ1) is 12.2. The molecular formula is C17H12N4O4. The van der Waals surface area contributed by atoms with Gasteiger partial charge in [0.25, 0.3) is 5.56 Å².